The Hall–Kier alpha value is -0.610. The minimum Gasteiger partial charge on any atom is -0.481 e. The number of hydrogen-bond donors (Lipinski definition) is 3. The quantitative estimate of drug-likeness (QED) is 0.700. The molecule has 0 spiro atoms. The van der Waals surface area contributed by atoms with Gasteiger partial charge in [0.15, 0.2) is 0 Å². The van der Waals surface area contributed by atoms with Crippen LogP contribution in [0.2, 0.25) is 0 Å². The molecule has 0 unspecified atom stereocenters. The molecule has 0 atom stereocenters. The van der Waals surface area contributed by atoms with Crippen LogP contribution in [0.1, 0.15) is 64.7 Å². The Bertz CT molecular complexity index is 329. The first-order chi connectivity index (χ1) is 9.49. The van der Waals surface area contributed by atoms with E-state index in [1.54, 1.807) is 0 Å². The average molecular weight is 283 g/mol. The summed E-state index contributed by atoms with van der Waals surface area (Å²) >= 11 is 0. The summed E-state index contributed by atoms with van der Waals surface area (Å²) in [6.45, 7) is 3.87. The normalized spacial score (nSPS) is 33.2. The van der Waals surface area contributed by atoms with Crippen molar-refractivity contribution >= 4 is 5.97 Å². The van der Waals surface area contributed by atoms with Crippen molar-refractivity contribution in [2.45, 2.75) is 70.3 Å². The number of aliphatic carboxylic acids is 1. The molecule has 0 saturated heterocycles. The van der Waals surface area contributed by atoms with Crippen LogP contribution in [-0.2, 0) is 4.79 Å². The molecule has 0 aromatic carbocycles. The molecule has 4 heteroatoms. The Morgan fingerprint density at radius 1 is 1.15 bits per heavy atom. The van der Waals surface area contributed by atoms with Crippen molar-refractivity contribution in [2.24, 2.45) is 11.3 Å². The summed E-state index contributed by atoms with van der Waals surface area (Å²) in [6, 6.07) is 0. The zero-order chi connectivity index (χ0) is 14.6. The SMILES string of the molecule is CCC1(CNCC2(O)CCC(C(=O)O)CC2)CCCC1. The van der Waals surface area contributed by atoms with E-state index in [9.17, 15) is 9.90 Å². The van der Waals surface area contributed by atoms with Crippen molar-refractivity contribution in [3.63, 3.8) is 0 Å². The highest BCUT2D eigenvalue weighted by Crippen LogP contribution is 2.40. The van der Waals surface area contributed by atoms with Gasteiger partial charge in [0.25, 0.3) is 0 Å². The summed E-state index contributed by atoms with van der Waals surface area (Å²) in [5.41, 5.74) is -0.256. The summed E-state index contributed by atoms with van der Waals surface area (Å²) in [5, 5.41) is 23.0. The fourth-order valence-electron chi connectivity index (χ4n) is 3.92. The van der Waals surface area contributed by atoms with Crippen molar-refractivity contribution in [2.75, 3.05) is 13.1 Å². The van der Waals surface area contributed by atoms with E-state index < -0.39 is 11.6 Å². The second-order valence-corrected chi connectivity index (χ2v) is 7.00. The number of carboxylic acid groups (broad SMARTS) is 1. The van der Waals surface area contributed by atoms with E-state index in [-0.39, 0.29) is 5.92 Å². The van der Waals surface area contributed by atoms with Crippen molar-refractivity contribution < 1.29 is 15.0 Å². The smallest absolute Gasteiger partial charge is 0.306 e. The van der Waals surface area contributed by atoms with E-state index >= 15 is 0 Å². The lowest BCUT2D eigenvalue weighted by Crippen LogP contribution is -2.46. The zero-order valence-corrected chi connectivity index (χ0v) is 12.7. The standard InChI is InChI=1S/C16H29NO3/c1-2-15(7-3-4-8-15)11-17-12-16(20)9-5-13(6-10-16)14(18)19/h13,17,20H,2-12H2,1H3,(H,18,19). The van der Waals surface area contributed by atoms with Crippen molar-refractivity contribution in [3.8, 4) is 0 Å². The molecule has 0 heterocycles. The van der Waals surface area contributed by atoms with Crippen LogP contribution in [0, 0.1) is 11.3 Å². The van der Waals surface area contributed by atoms with Crippen LogP contribution in [0.3, 0.4) is 0 Å². The Kier molecular flexibility index (Phi) is 5.08. The highest BCUT2D eigenvalue weighted by Gasteiger charge is 2.37. The number of carboxylic acids is 1. The molecule has 2 aliphatic carbocycles. The number of carbonyl (C=O) groups is 1. The first kappa shape index (κ1) is 15.8. The molecule has 2 saturated carbocycles. The van der Waals surface area contributed by atoms with Gasteiger partial charge in [-0.25, -0.2) is 0 Å². The maximum absolute atomic E-state index is 10.9. The van der Waals surface area contributed by atoms with Gasteiger partial charge in [0, 0.05) is 13.1 Å². The van der Waals surface area contributed by atoms with Crippen LogP contribution in [0.4, 0.5) is 0 Å². The minimum absolute atomic E-state index is 0.257. The molecule has 4 nitrogen and oxygen atoms in total. The number of aliphatic hydroxyl groups is 1. The Labute approximate surface area is 122 Å². The lowest BCUT2D eigenvalue weighted by molar-refractivity contribution is -0.144. The van der Waals surface area contributed by atoms with E-state index in [2.05, 4.69) is 12.2 Å². The topological polar surface area (TPSA) is 69.6 Å². The fraction of sp³-hybridized carbons (Fsp3) is 0.938. The van der Waals surface area contributed by atoms with Gasteiger partial charge in [-0.3, -0.25) is 4.79 Å². The first-order valence-electron chi connectivity index (χ1n) is 8.15. The lowest BCUT2D eigenvalue weighted by atomic mass is 9.78. The molecular weight excluding hydrogens is 254 g/mol. The Morgan fingerprint density at radius 2 is 1.75 bits per heavy atom. The predicted molar refractivity (Wildman–Crippen MR) is 78.6 cm³/mol. The third kappa shape index (κ3) is 3.73. The summed E-state index contributed by atoms with van der Waals surface area (Å²) < 4.78 is 0. The van der Waals surface area contributed by atoms with Gasteiger partial charge in [-0.05, 0) is 50.4 Å². The van der Waals surface area contributed by atoms with Gasteiger partial charge in [-0.15, -0.1) is 0 Å². The van der Waals surface area contributed by atoms with Crippen LogP contribution >= 0.6 is 0 Å². The van der Waals surface area contributed by atoms with E-state index in [1.807, 2.05) is 0 Å². The summed E-state index contributed by atoms with van der Waals surface area (Å²) in [7, 11) is 0. The van der Waals surface area contributed by atoms with E-state index in [1.165, 1.54) is 32.1 Å². The molecule has 2 rings (SSSR count). The zero-order valence-electron chi connectivity index (χ0n) is 12.7. The van der Waals surface area contributed by atoms with Gasteiger partial charge in [-0.1, -0.05) is 19.8 Å². The first-order valence-corrected chi connectivity index (χ1v) is 8.15. The molecule has 2 fully saturated rings. The van der Waals surface area contributed by atoms with Crippen molar-refractivity contribution in [3.05, 3.63) is 0 Å². The van der Waals surface area contributed by atoms with Crippen LogP contribution in [0.25, 0.3) is 0 Å². The Balaban J connectivity index is 1.75. The average Bonchev–Trinajstić information content (AvgIpc) is 2.88. The van der Waals surface area contributed by atoms with Gasteiger partial charge >= 0.3 is 5.97 Å². The maximum atomic E-state index is 10.9. The third-order valence-electron chi connectivity index (χ3n) is 5.63. The van der Waals surface area contributed by atoms with Crippen LogP contribution in [0.15, 0.2) is 0 Å². The van der Waals surface area contributed by atoms with Crippen LogP contribution in [0.5, 0.6) is 0 Å². The monoisotopic (exact) mass is 283 g/mol. The molecule has 0 bridgehead atoms. The molecule has 2 aliphatic rings. The van der Waals surface area contributed by atoms with Crippen molar-refractivity contribution in [1.82, 2.24) is 5.32 Å². The molecule has 0 radical (unpaired) electrons. The second-order valence-electron chi connectivity index (χ2n) is 7.00. The third-order valence-corrected chi connectivity index (χ3v) is 5.63. The van der Waals surface area contributed by atoms with Gasteiger partial charge in [-0.2, -0.15) is 0 Å². The second kappa shape index (κ2) is 6.44. The Morgan fingerprint density at radius 3 is 2.25 bits per heavy atom. The molecule has 0 aromatic heterocycles. The summed E-state index contributed by atoms with van der Waals surface area (Å²) in [5.74, 6) is -0.969. The van der Waals surface area contributed by atoms with Gasteiger partial charge in [0.1, 0.15) is 0 Å². The van der Waals surface area contributed by atoms with Gasteiger partial charge in [0.05, 0.1) is 11.5 Å². The van der Waals surface area contributed by atoms with Gasteiger partial charge in [0.2, 0.25) is 0 Å². The molecule has 0 aromatic rings. The minimum atomic E-state index is -0.712. The van der Waals surface area contributed by atoms with E-state index in [0.717, 1.165) is 6.54 Å². The predicted octanol–water partition coefficient (Wildman–Crippen LogP) is 2.55. The molecular formula is C16H29NO3. The van der Waals surface area contributed by atoms with E-state index in [0.29, 0.717) is 37.6 Å². The summed E-state index contributed by atoms with van der Waals surface area (Å²) in [6.07, 6.45) is 8.90. The molecule has 3 N–H and O–H groups in total. The highest BCUT2D eigenvalue weighted by molar-refractivity contribution is 5.70. The molecule has 116 valence electrons. The summed E-state index contributed by atoms with van der Waals surface area (Å²) in [4.78, 5) is 10.9. The number of rotatable bonds is 6. The largest absolute Gasteiger partial charge is 0.481 e. The van der Waals surface area contributed by atoms with Crippen molar-refractivity contribution in [1.29, 1.82) is 0 Å². The number of nitrogens with one attached hydrogen (secondary N) is 1. The molecule has 0 aliphatic heterocycles. The van der Waals surface area contributed by atoms with Gasteiger partial charge < -0.3 is 15.5 Å². The van der Waals surface area contributed by atoms with Crippen LogP contribution < -0.4 is 5.32 Å². The van der Waals surface area contributed by atoms with Crippen LogP contribution in [-0.4, -0.2) is 34.9 Å². The number of hydrogen-bond acceptors (Lipinski definition) is 3. The highest BCUT2D eigenvalue weighted by atomic mass is 16.4. The molecule has 0 amide bonds. The maximum Gasteiger partial charge on any atom is 0.306 e. The van der Waals surface area contributed by atoms with E-state index in [4.69, 9.17) is 5.11 Å². The fourth-order valence-corrected chi connectivity index (χ4v) is 3.92. The lowest BCUT2D eigenvalue weighted by Gasteiger charge is -2.36. The molecule has 20 heavy (non-hydrogen) atoms.